The van der Waals surface area contributed by atoms with E-state index in [0.717, 1.165) is 5.69 Å². The number of esters is 1. The summed E-state index contributed by atoms with van der Waals surface area (Å²) in [5.41, 5.74) is 3.47. The number of benzene rings is 2. The van der Waals surface area contributed by atoms with Gasteiger partial charge in [-0.3, -0.25) is 4.79 Å². The number of hydrogen-bond donors (Lipinski definition) is 2. The minimum absolute atomic E-state index is 0.311. The lowest BCUT2D eigenvalue weighted by Crippen LogP contribution is -2.13. The molecule has 1 amide bonds. The van der Waals surface area contributed by atoms with Gasteiger partial charge < -0.3 is 15.4 Å². The van der Waals surface area contributed by atoms with Crippen LogP contribution in [-0.2, 0) is 4.74 Å². The van der Waals surface area contributed by atoms with Crippen LogP contribution in [0.2, 0.25) is 0 Å². The number of carbonyl (C=O) groups is 2. The standard InChI is InChI=1S/C23H23N3O3/c1-15(2)19-9-4-5-10-20(19)26-21-12-11-17(14-24-21)22(27)25-18-8-6-7-16(13-18)23(28)29-3/h4-15H,1-3H3,(H,24,26)(H,25,27). The van der Waals surface area contributed by atoms with Crippen molar-refractivity contribution < 1.29 is 14.3 Å². The Labute approximate surface area is 169 Å². The Kier molecular flexibility index (Phi) is 6.24. The molecule has 3 aromatic rings. The molecule has 3 rings (SSSR count). The maximum absolute atomic E-state index is 12.5. The Morgan fingerprint density at radius 1 is 0.966 bits per heavy atom. The van der Waals surface area contributed by atoms with Gasteiger partial charge in [-0.1, -0.05) is 38.1 Å². The maximum atomic E-state index is 12.5. The zero-order valence-corrected chi connectivity index (χ0v) is 16.6. The van der Waals surface area contributed by atoms with Crippen LogP contribution in [0, 0.1) is 0 Å². The van der Waals surface area contributed by atoms with E-state index < -0.39 is 5.97 Å². The van der Waals surface area contributed by atoms with Gasteiger partial charge in [-0.15, -0.1) is 0 Å². The molecule has 0 fully saturated rings. The fourth-order valence-electron chi connectivity index (χ4n) is 2.90. The van der Waals surface area contributed by atoms with Crippen molar-refractivity contribution in [1.29, 1.82) is 0 Å². The van der Waals surface area contributed by atoms with Crippen molar-refractivity contribution in [2.75, 3.05) is 17.7 Å². The second kappa shape index (κ2) is 9.01. The zero-order chi connectivity index (χ0) is 20.8. The second-order valence-electron chi connectivity index (χ2n) is 6.83. The molecule has 0 bridgehead atoms. The molecule has 6 heteroatoms. The lowest BCUT2D eigenvalue weighted by Gasteiger charge is -2.14. The average molecular weight is 389 g/mol. The van der Waals surface area contributed by atoms with E-state index >= 15 is 0 Å². The molecule has 2 aromatic carbocycles. The number of para-hydroxylation sites is 1. The van der Waals surface area contributed by atoms with Crippen LogP contribution in [0.5, 0.6) is 0 Å². The van der Waals surface area contributed by atoms with Gasteiger partial charge in [0, 0.05) is 17.6 Å². The first-order chi connectivity index (χ1) is 14.0. The highest BCUT2D eigenvalue weighted by atomic mass is 16.5. The average Bonchev–Trinajstić information content (AvgIpc) is 2.74. The third kappa shape index (κ3) is 4.99. The highest BCUT2D eigenvalue weighted by Crippen LogP contribution is 2.26. The summed E-state index contributed by atoms with van der Waals surface area (Å²) in [6.07, 6.45) is 1.51. The number of methoxy groups -OCH3 is 1. The summed E-state index contributed by atoms with van der Waals surface area (Å²) in [5, 5.41) is 6.07. The number of carbonyl (C=O) groups excluding carboxylic acids is 2. The molecule has 2 N–H and O–H groups in total. The van der Waals surface area contributed by atoms with Crippen LogP contribution in [0.4, 0.5) is 17.2 Å². The Bertz CT molecular complexity index is 1010. The van der Waals surface area contributed by atoms with E-state index in [9.17, 15) is 9.59 Å². The summed E-state index contributed by atoms with van der Waals surface area (Å²) in [5.74, 6) is 0.264. The van der Waals surface area contributed by atoms with Gasteiger partial charge in [0.2, 0.25) is 0 Å². The van der Waals surface area contributed by atoms with Crippen LogP contribution >= 0.6 is 0 Å². The molecular formula is C23H23N3O3. The third-order valence-electron chi connectivity index (χ3n) is 4.41. The number of amides is 1. The Morgan fingerprint density at radius 3 is 2.45 bits per heavy atom. The molecule has 0 aliphatic rings. The minimum atomic E-state index is -0.458. The molecule has 0 atom stereocenters. The topological polar surface area (TPSA) is 80.3 Å². The van der Waals surface area contributed by atoms with Crippen molar-refractivity contribution in [2.24, 2.45) is 0 Å². The number of hydrogen-bond acceptors (Lipinski definition) is 5. The van der Waals surface area contributed by atoms with Crippen LogP contribution < -0.4 is 10.6 Å². The first-order valence-electron chi connectivity index (χ1n) is 9.29. The predicted molar refractivity (Wildman–Crippen MR) is 114 cm³/mol. The van der Waals surface area contributed by atoms with Gasteiger partial charge in [-0.05, 0) is 47.9 Å². The number of ether oxygens (including phenoxy) is 1. The largest absolute Gasteiger partial charge is 0.465 e. The molecule has 148 valence electrons. The van der Waals surface area contributed by atoms with Gasteiger partial charge >= 0.3 is 5.97 Å². The number of anilines is 3. The molecule has 0 aliphatic carbocycles. The Morgan fingerprint density at radius 2 is 1.76 bits per heavy atom. The number of nitrogens with zero attached hydrogens (tertiary/aromatic N) is 1. The van der Waals surface area contributed by atoms with E-state index in [0.29, 0.717) is 28.6 Å². The van der Waals surface area contributed by atoms with Crippen LogP contribution in [0.1, 0.15) is 46.0 Å². The van der Waals surface area contributed by atoms with E-state index in [4.69, 9.17) is 4.74 Å². The smallest absolute Gasteiger partial charge is 0.337 e. The summed E-state index contributed by atoms with van der Waals surface area (Å²) >= 11 is 0. The Balaban J connectivity index is 1.70. The van der Waals surface area contributed by atoms with Gasteiger partial charge in [0.15, 0.2) is 0 Å². The van der Waals surface area contributed by atoms with Crippen LogP contribution in [0.15, 0.2) is 66.9 Å². The SMILES string of the molecule is COC(=O)c1cccc(NC(=O)c2ccc(Nc3ccccc3C(C)C)nc2)c1. The predicted octanol–water partition coefficient (Wildman–Crippen LogP) is 4.99. The summed E-state index contributed by atoms with van der Waals surface area (Å²) in [4.78, 5) is 28.5. The van der Waals surface area contributed by atoms with Crippen molar-refractivity contribution >= 4 is 29.1 Å². The van der Waals surface area contributed by atoms with Crippen molar-refractivity contribution in [3.8, 4) is 0 Å². The maximum Gasteiger partial charge on any atom is 0.337 e. The Hall–Kier alpha value is -3.67. The van der Waals surface area contributed by atoms with E-state index in [1.165, 1.54) is 18.9 Å². The van der Waals surface area contributed by atoms with Crippen molar-refractivity contribution in [2.45, 2.75) is 19.8 Å². The summed E-state index contributed by atoms with van der Waals surface area (Å²) in [6, 6.07) is 18.1. The van der Waals surface area contributed by atoms with Crippen LogP contribution in [0.3, 0.4) is 0 Å². The minimum Gasteiger partial charge on any atom is -0.465 e. The molecule has 1 heterocycles. The molecule has 0 radical (unpaired) electrons. The van der Waals surface area contributed by atoms with E-state index in [2.05, 4.69) is 35.5 Å². The fourth-order valence-corrected chi connectivity index (χ4v) is 2.90. The molecule has 0 saturated heterocycles. The lowest BCUT2D eigenvalue weighted by molar-refractivity contribution is 0.0600. The highest BCUT2D eigenvalue weighted by molar-refractivity contribution is 6.04. The summed E-state index contributed by atoms with van der Waals surface area (Å²) < 4.78 is 4.70. The normalized spacial score (nSPS) is 10.5. The molecular weight excluding hydrogens is 366 g/mol. The molecule has 0 aliphatic heterocycles. The van der Waals surface area contributed by atoms with E-state index in [1.807, 2.05) is 18.2 Å². The molecule has 0 saturated carbocycles. The van der Waals surface area contributed by atoms with Gasteiger partial charge in [0.25, 0.3) is 5.91 Å². The van der Waals surface area contributed by atoms with Crippen molar-refractivity contribution in [1.82, 2.24) is 4.98 Å². The lowest BCUT2D eigenvalue weighted by atomic mass is 10.0. The van der Waals surface area contributed by atoms with Gasteiger partial charge in [-0.25, -0.2) is 9.78 Å². The van der Waals surface area contributed by atoms with E-state index in [-0.39, 0.29) is 5.91 Å². The van der Waals surface area contributed by atoms with Gasteiger partial charge in [0.05, 0.1) is 18.2 Å². The quantitative estimate of drug-likeness (QED) is 0.581. The number of aromatic nitrogens is 1. The monoisotopic (exact) mass is 389 g/mol. The molecule has 6 nitrogen and oxygen atoms in total. The summed E-state index contributed by atoms with van der Waals surface area (Å²) in [6.45, 7) is 4.27. The number of pyridine rings is 1. The second-order valence-corrected chi connectivity index (χ2v) is 6.83. The fraction of sp³-hybridized carbons (Fsp3) is 0.174. The molecule has 0 unspecified atom stereocenters. The number of nitrogens with one attached hydrogen (secondary N) is 2. The van der Waals surface area contributed by atoms with Crippen LogP contribution in [-0.4, -0.2) is 24.0 Å². The first-order valence-corrected chi connectivity index (χ1v) is 9.29. The van der Waals surface area contributed by atoms with Gasteiger partial charge in [-0.2, -0.15) is 0 Å². The summed E-state index contributed by atoms with van der Waals surface area (Å²) in [7, 11) is 1.31. The highest BCUT2D eigenvalue weighted by Gasteiger charge is 2.11. The van der Waals surface area contributed by atoms with Crippen LogP contribution in [0.25, 0.3) is 0 Å². The zero-order valence-electron chi connectivity index (χ0n) is 16.6. The van der Waals surface area contributed by atoms with Crippen molar-refractivity contribution in [3.05, 3.63) is 83.6 Å². The molecule has 0 spiro atoms. The number of rotatable bonds is 6. The first kappa shape index (κ1) is 20.1. The third-order valence-corrected chi connectivity index (χ3v) is 4.41. The molecule has 1 aromatic heterocycles. The van der Waals surface area contributed by atoms with Crippen molar-refractivity contribution in [3.63, 3.8) is 0 Å². The van der Waals surface area contributed by atoms with Gasteiger partial charge in [0.1, 0.15) is 5.82 Å². The van der Waals surface area contributed by atoms with E-state index in [1.54, 1.807) is 36.4 Å². The molecule has 29 heavy (non-hydrogen) atoms.